The summed E-state index contributed by atoms with van der Waals surface area (Å²) in [5.74, 6) is -0.864. The van der Waals surface area contributed by atoms with Gasteiger partial charge in [-0.05, 0) is 41.5 Å². The Kier molecular flexibility index (Phi) is 4.60. The number of ether oxygens (including phenoxy) is 1. The molecule has 0 aliphatic heterocycles. The minimum absolute atomic E-state index is 0.0560. The van der Waals surface area contributed by atoms with Gasteiger partial charge in [0.05, 0.1) is 0 Å². The second-order valence-corrected chi connectivity index (χ2v) is 4.39. The van der Waals surface area contributed by atoms with Crippen LogP contribution in [0.2, 0.25) is 0 Å². The van der Waals surface area contributed by atoms with Crippen molar-refractivity contribution in [1.82, 2.24) is 0 Å². The third kappa shape index (κ3) is 4.73. The van der Waals surface area contributed by atoms with Gasteiger partial charge in [-0.3, -0.25) is 4.79 Å². The largest absolute Gasteiger partial charge is 0.573 e. The van der Waals surface area contributed by atoms with E-state index in [0.29, 0.717) is 17.4 Å². The fourth-order valence-electron chi connectivity index (χ4n) is 1.77. The highest BCUT2D eigenvalue weighted by Crippen LogP contribution is 2.25. The maximum absolute atomic E-state index is 12.8. The van der Waals surface area contributed by atoms with Crippen molar-refractivity contribution in [1.29, 1.82) is 0 Å². The van der Waals surface area contributed by atoms with Gasteiger partial charge >= 0.3 is 6.36 Å². The van der Waals surface area contributed by atoms with Crippen LogP contribution < -0.4 is 4.74 Å². The normalized spacial score (nSPS) is 11.6. The van der Waals surface area contributed by atoms with E-state index in [4.69, 9.17) is 0 Å². The smallest absolute Gasteiger partial charge is 0.406 e. The van der Waals surface area contributed by atoms with Crippen LogP contribution in [0.3, 0.4) is 0 Å². The van der Waals surface area contributed by atoms with E-state index in [1.54, 1.807) is 6.08 Å². The van der Waals surface area contributed by atoms with Crippen LogP contribution in [-0.4, -0.2) is 12.6 Å². The number of alkyl halides is 3. The van der Waals surface area contributed by atoms with Gasteiger partial charge in [-0.2, -0.15) is 0 Å². The summed E-state index contributed by atoms with van der Waals surface area (Å²) in [5.41, 5.74) is 1.07. The van der Waals surface area contributed by atoms with E-state index >= 15 is 0 Å². The second kappa shape index (κ2) is 6.43. The summed E-state index contributed by atoms with van der Waals surface area (Å²) in [4.78, 5) is 10.8. The molecule has 0 bridgehead atoms. The number of hydrogen-bond acceptors (Lipinski definition) is 2. The number of carbonyl (C=O) groups excluding carboxylic acids is 1. The third-order valence-electron chi connectivity index (χ3n) is 2.66. The quantitative estimate of drug-likeness (QED) is 0.464. The Morgan fingerprint density at radius 1 is 0.864 bits per heavy atom. The SMILES string of the molecule is O=Cc1cc(/C=C/c2ccc(F)cc2)cc(OC(F)(F)F)c1. The Bertz CT molecular complexity index is 688. The van der Waals surface area contributed by atoms with Gasteiger partial charge in [0.1, 0.15) is 17.9 Å². The van der Waals surface area contributed by atoms with Crippen molar-refractivity contribution >= 4 is 18.4 Å². The van der Waals surface area contributed by atoms with E-state index in [2.05, 4.69) is 4.74 Å². The zero-order chi connectivity index (χ0) is 16.2. The topological polar surface area (TPSA) is 26.3 Å². The minimum atomic E-state index is -4.83. The van der Waals surface area contributed by atoms with Crippen molar-refractivity contribution in [2.24, 2.45) is 0 Å². The average Bonchev–Trinajstić information content (AvgIpc) is 2.44. The van der Waals surface area contributed by atoms with Crippen molar-refractivity contribution in [2.45, 2.75) is 6.36 Å². The molecule has 0 unspecified atom stereocenters. The molecule has 22 heavy (non-hydrogen) atoms. The summed E-state index contributed by atoms with van der Waals surface area (Å²) >= 11 is 0. The van der Waals surface area contributed by atoms with Gasteiger partial charge in [0.2, 0.25) is 0 Å². The highest BCUT2D eigenvalue weighted by Gasteiger charge is 2.31. The maximum atomic E-state index is 12.8. The molecule has 0 spiro atoms. The van der Waals surface area contributed by atoms with E-state index in [9.17, 15) is 22.4 Å². The van der Waals surface area contributed by atoms with Crippen molar-refractivity contribution in [2.75, 3.05) is 0 Å². The predicted molar refractivity (Wildman–Crippen MR) is 73.8 cm³/mol. The number of rotatable bonds is 4. The van der Waals surface area contributed by atoms with Crippen molar-refractivity contribution in [3.05, 3.63) is 65.0 Å². The standard InChI is InChI=1S/C16H10F4O2/c17-14-5-3-11(4-6-14)1-2-12-7-13(10-21)9-15(8-12)22-16(18,19)20/h1-10H/b2-1+. The number of halogens is 4. The molecular weight excluding hydrogens is 300 g/mol. The molecule has 0 N–H and O–H groups in total. The number of benzene rings is 2. The minimum Gasteiger partial charge on any atom is -0.406 e. The number of carbonyl (C=O) groups is 1. The van der Waals surface area contributed by atoms with Gasteiger partial charge in [-0.25, -0.2) is 4.39 Å². The molecule has 2 aromatic rings. The molecule has 0 saturated carbocycles. The van der Waals surface area contributed by atoms with E-state index in [0.717, 1.165) is 12.1 Å². The second-order valence-electron chi connectivity index (χ2n) is 4.39. The average molecular weight is 310 g/mol. The van der Waals surface area contributed by atoms with E-state index in [1.807, 2.05) is 0 Å². The first-order chi connectivity index (χ1) is 10.4. The van der Waals surface area contributed by atoms with Crippen LogP contribution in [0.4, 0.5) is 17.6 Å². The number of aldehydes is 1. The van der Waals surface area contributed by atoms with Crippen LogP contribution in [0.5, 0.6) is 5.75 Å². The van der Waals surface area contributed by atoms with E-state index in [1.165, 1.54) is 36.4 Å². The first-order valence-electron chi connectivity index (χ1n) is 6.15. The first kappa shape index (κ1) is 15.8. The predicted octanol–water partition coefficient (Wildman–Crippen LogP) is 4.71. The van der Waals surface area contributed by atoms with Gasteiger partial charge in [0, 0.05) is 5.56 Å². The van der Waals surface area contributed by atoms with Crippen molar-refractivity contribution in [3.63, 3.8) is 0 Å². The van der Waals surface area contributed by atoms with Crippen molar-refractivity contribution in [3.8, 4) is 5.75 Å². The van der Waals surface area contributed by atoms with Crippen LogP contribution in [0.15, 0.2) is 42.5 Å². The molecule has 0 radical (unpaired) electrons. The van der Waals surface area contributed by atoms with Crippen molar-refractivity contribution < 1.29 is 27.1 Å². The van der Waals surface area contributed by atoms with Gasteiger partial charge in [0.15, 0.2) is 0 Å². The van der Waals surface area contributed by atoms with E-state index < -0.39 is 12.1 Å². The molecule has 0 aliphatic carbocycles. The molecular formula is C16H10F4O2. The summed E-state index contributed by atoms with van der Waals surface area (Å²) in [6.07, 6.45) is -1.32. The third-order valence-corrected chi connectivity index (χ3v) is 2.66. The fraction of sp³-hybridized carbons (Fsp3) is 0.0625. The lowest BCUT2D eigenvalue weighted by molar-refractivity contribution is -0.274. The van der Waals surface area contributed by atoms with Crippen LogP contribution in [0, 0.1) is 5.82 Å². The Labute approximate surface area is 123 Å². The zero-order valence-corrected chi connectivity index (χ0v) is 11.1. The summed E-state index contributed by atoms with van der Waals surface area (Å²) in [6.45, 7) is 0. The molecule has 0 aromatic heterocycles. The molecule has 0 aliphatic rings. The molecule has 0 amide bonds. The molecule has 2 rings (SSSR count). The summed E-state index contributed by atoms with van der Waals surface area (Å²) in [6, 6.07) is 9.12. The lowest BCUT2D eigenvalue weighted by atomic mass is 10.1. The van der Waals surface area contributed by atoms with Gasteiger partial charge in [-0.1, -0.05) is 24.3 Å². The Morgan fingerprint density at radius 2 is 1.45 bits per heavy atom. The number of hydrogen-bond donors (Lipinski definition) is 0. The molecule has 114 valence electrons. The van der Waals surface area contributed by atoms with Crippen LogP contribution in [-0.2, 0) is 0 Å². The Balaban J connectivity index is 2.27. The maximum Gasteiger partial charge on any atom is 0.573 e. The van der Waals surface area contributed by atoms with Gasteiger partial charge in [0.25, 0.3) is 0 Å². The lowest BCUT2D eigenvalue weighted by Crippen LogP contribution is -2.17. The molecule has 0 heterocycles. The van der Waals surface area contributed by atoms with Crippen LogP contribution in [0.25, 0.3) is 12.2 Å². The van der Waals surface area contributed by atoms with Crippen LogP contribution >= 0.6 is 0 Å². The zero-order valence-electron chi connectivity index (χ0n) is 11.1. The summed E-state index contributed by atoms with van der Waals surface area (Å²) < 4.78 is 53.3. The fourth-order valence-corrected chi connectivity index (χ4v) is 1.77. The Hall–Kier alpha value is -2.63. The van der Waals surface area contributed by atoms with Crippen LogP contribution in [0.1, 0.15) is 21.5 Å². The lowest BCUT2D eigenvalue weighted by Gasteiger charge is -2.10. The van der Waals surface area contributed by atoms with Gasteiger partial charge in [-0.15, -0.1) is 13.2 Å². The molecule has 2 nitrogen and oxygen atoms in total. The van der Waals surface area contributed by atoms with E-state index in [-0.39, 0.29) is 11.4 Å². The molecule has 6 heteroatoms. The Morgan fingerprint density at radius 3 is 2.05 bits per heavy atom. The summed E-state index contributed by atoms with van der Waals surface area (Å²) in [5, 5.41) is 0. The monoisotopic (exact) mass is 310 g/mol. The highest BCUT2D eigenvalue weighted by atomic mass is 19.4. The highest BCUT2D eigenvalue weighted by molar-refractivity contribution is 5.79. The summed E-state index contributed by atoms with van der Waals surface area (Å²) in [7, 11) is 0. The molecule has 2 aromatic carbocycles. The molecule has 0 atom stereocenters. The van der Waals surface area contributed by atoms with Gasteiger partial charge < -0.3 is 4.74 Å². The molecule has 0 fully saturated rings. The molecule has 0 saturated heterocycles. The first-order valence-corrected chi connectivity index (χ1v) is 6.15.